The van der Waals surface area contributed by atoms with Crippen LogP contribution in [-0.4, -0.2) is 24.5 Å². The van der Waals surface area contributed by atoms with E-state index in [-0.39, 0.29) is 11.9 Å². The third-order valence-corrected chi connectivity index (χ3v) is 1.96. The van der Waals surface area contributed by atoms with Crippen LogP contribution in [0.2, 0.25) is 0 Å². The van der Waals surface area contributed by atoms with Gasteiger partial charge in [0.05, 0.1) is 6.04 Å². The molecule has 0 aromatic rings. The first kappa shape index (κ1) is 12.2. The quantitative estimate of drug-likeness (QED) is 0.606. The Labute approximate surface area is 80.6 Å². The van der Waals surface area contributed by atoms with Crippen LogP contribution in [0.25, 0.3) is 0 Å². The molecule has 2 atom stereocenters. The Balaban J connectivity index is 3.74. The van der Waals surface area contributed by atoms with E-state index in [0.717, 1.165) is 6.42 Å². The molecule has 2 unspecified atom stereocenters. The number of nitrogens with one attached hydrogen (secondary N) is 2. The number of hydrogen-bond donors (Lipinski definition) is 2. The Bertz CT molecular complexity index is 168. The van der Waals surface area contributed by atoms with Gasteiger partial charge in [0.25, 0.3) is 0 Å². The molecule has 0 saturated carbocycles. The zero-order valence-electron chi connectivity index (χ0n) is 8.76. The summed E-state index contributed by atoms with van der Waals surface area (Å²) in [6, 6.07) is 0.249. The topological polar surface area (TPSA) is 41.1 Å². The normalized spacial score (nSPS) is 14.7. The lowest BCUT2D eigenvalue weighted by molar-refractivity contribution is -0.122. The molecule has 3 nitrogen and oxygen atoms in total. The Morgan fingerprint density at radius 1 is 1.54 bits per heavy atom. The van der Waals surface area contributed by atoms with Crippen LogP contribution in [0, 0.1) is 0 Å². The number of carbonyl (C=O) groups is 1. The van der Waals surface area contributed by atoms with E-state index >= 15 is 0 Å². The van der Waals surface area contributed by atoms with Gasteiger partial charge < -0.3 is 10.6 Å². The Kier molecular flexibility index (Phi) is 6.24. The van der Waals surface area contributed by atoms with Crippen molar-refractivity contribution in [3.05, 3.63) is 12.7 Å². The van der Waals surface area contributed by atoms with E-state index in [1.807, 2.05) is 6.92 Å². The molecule has 0 aliphatic carbocycles. The van der Waals surface area contributed by atoms with Crippen LogP contribution < -0.4 is 10.6 Å². The lowest BCUT2D eigenvalue weighted by atomic mass is 10.2. The highest BCUT2D eigenvalue weighted by Gasteiger charge is 2.12. The molecule has 0 aliphatic rings. The summed E-state index contributed by atoms with van der Waals surface area (Å²) in [6.45, 7) is 10.1. The highest BCUT2D eigenvalue weighted by molar-refractivity contribution is 5.81. The largest absolute Gasteiger partial charge is 0.351 e. The molecule has 1 amide bonds. The first-order valence-electron chi connectivity index (χ1n) is 4.76. The maximum atomic E-state index is 11.3. The molecule has 0 saturated heterocycles. The minimum atomic E-state index is -0.130. The van der Waals surface area contributed by atoms with Crippen LogP contribution in [0.5, 0.6) is 0 Å². The van der Waals surface area contributed by atoms with Gasteiger partial charge in [-0.2, -0.15) is 0 Å². The van der Waals surface area contributed by atoms with Gasteiger partial charge in [0, 0.05) is 12.6 Å². The molecular weight excluding hydrogens is 164 g/mol. The third-order valence-electron chi connectivity index (χ3n) is 1.96. The SMILES string of the molecule is C=CCNC(=O)C(C)NC(C)CC. The van der Waals surface area contributed by atoms with Crippen molar-refractivity contribution in [3.8, 4) is 0 Å². The zero-order valence-corrected chi connectivity index (χ0v) is 8.76. The first-order chi connectivity index (χ1) is 6.11. The van der Waals surface area contributed by atoms with Crippen molar-refractivity contribution in [2.24, 2.45) is 0 Å². The Morgan fingerprint density at radius 3 is 2.62 bits per heavy atom. The molecule has 0 aromatic heterocycles. The van der Waals surface area contributed by atoms with Gasteiger partial charge in [-0.1, -0.05) is 13.0 Å². The summed E-state index contributed by atoms with van der Waals surface area (Å²) in [7, 11) is 0. The zero-order chi connectivity index (χ0) is 10.3. The number of rotatable bonds is 6. The molecule has 13 heavy (non-hydrogen) atoms. The molecule has 0 heterocycles. The van der Waals surface area contributed by atoms with Crippen LogP contribution in [0.1, 0.15) is 27.2 Å². The predicted molar refractivity (Wildman–Crippen MR) is 55.6 cm³/mol. The van der Waals surface area contributed by atoms with E-state index in [9.17, 15) is 4.79 Å². The number of carbonyl (C=O) groups excluding carboxylic acids is 1. The van der Waals surface area contributed by atoms with Gasteiger partial charge in [0.1, 0.15) is 0 Å². The summed E-state index contributed by atoms with van der Waals surface area (Å²) in [4.78, 5) is 11.3. The summed E-state index contributed by atoms with van der Waals surface area (Å²) in [5.74, 6) is 0.0280. The van der Waals surface area contributed by atoms with Crippen LogP contribution in [-0.2, 0) is 4.79 Å². The van der Waals surface area contributed by atoms with Gasteiger partial charge in [-0.05, 0) is 20.3 Å². The highest BCUT2D eigenvalue weighted by Crippen LogP contribution is 1.91. The van der Waals surface area contributed by atoms with Crippen molar-refractivity contribution in [1.82, 2.24) is 10.6 Å². The fourth-order valence-corrected chi connectivity index (χ4v) is 0.946. The van der Waals surface area contributed by atoms with E-state index in [0.29, 0.717) is 12.6 Å². The molecule has 2 N–H and O–H groups in total. The predicted octanol–water partition coefficient (Wildman–Crippen LogP) is 1.07. The van der Waals surface area contributed by atoms with Gasteiger partial charge >= 0.3 is 0 Å². The van der Waals surface area contributed by atoms with Gasteiger partial charge in [0.2, 0.25) is 5.91 Å². The second-order valence-electron chi connectivity index (χ2n) is 3.23. The molecular formula is C10H20N2O. The van der Waals surface area contributed by atoms with E-state index in [1.165, 1.54) is 0 Å². The minimum absolute atomic E-state index is 0.0280. The summed E-state index contributed by atoms with van der Waals surface area (Å²) < 4.78 is 0. The van der Waals surface area contributed by atoms with Crippen LogP contribution >= 0.6 is 0 Å². The molecule has 0 bridgehead atoms. The number of hydrogen-bond acceptors (Lipinski definition) is 2. The second-order valence-corrected chi connectivity index (χ2v) is 3.23. The van der Waals surface area contributed by atoms with E-state index < -0.39 is 0 Å². The summed E-state index contributed by atoms with van der Waals surface area (Å²) in [6.07, 6.45) is 2.70. The van der Waals surface area contributed by atoms with Crippen molar-refractivity contribution >= 4 is 5.91 Å². The van der Waals surface area contributed by atoms with Crippen molar-refractivity contribution in [2.75, 3.05) is 6.54 Å². The average molecular weight is 184 g/mol. The lowest BCUT2D eigenvalue weighted by Gasteiger charge is -2.17. The summed E-state index contributed by atoms with van der Waals surface area (Å²) >= 11 is 0. The van der Waals surface area contributed by atoms with Crippen molar-refractivity contribution in [1.29, 1.82) is 0 Å². The second kappa shape index (κ2) is 6.66. The maximum absolute atomic E-state index is 11.3. The van der Waals surface area contributed by atoms with Crippen molar-refractivity contribution in [2.45, 2.75) is 39.3 Å². The average Bonchev–Trinajstić information content (AvgIpc) is 2.13. The molecule has 0 spiro atoms. The molecule has 0 aliphatic heterocycles. The van der Waals surface area contributed by atoms with Gasteiger partial charge in [-0.15, -0.1) is 6.58 Å². The molecule has 0 rings (SSSR count). The van der Waals surface area contributed by atoms with E-state index in [2.05, 4.69) is 31.1 Å². The standard InChI is InChI=1S/C10H20N2O/c1-5-7-11-10(13)9(4)12-8(3)6-2/h5,8-9,12H,1,6-7H2,2-4H3,(H,11,13). The van der Waals surface area contributed by atoms with E-state index in [1.54, 1.807) is 6.08 Å². The Morgan fingerprint density at radius 2 is 2.15 bits per heavy atom. The van der Waals surface area contributed by atoms with Gasteiger partial charge in [-0.25, -0.2) is 0 Å². The van der Waals surface area contributed by atoms with Crippen LogP contribution in [0.3, 0.4) is 0 Å². The Hall–Kier alpha value is -0.830. The fraction of sp³-hybridized carbons (Fsp3) is 0.700. The first-order valence-corrected chi connectivity index (χ1v) is 4.76. The smallest absolute Gasteiger partial charge is 0.237 e. The molecule has 76 valence electrons. The van der Waals surface area contributed by atoms with Gasteiger partial charge in [-0.3, -0.25) is 4.79 Å². The lowest BCUT2D eigenvalue weighted by Crippen LogP contribution is -2.45. The highest BCUT2D eigenvalue weighted by atomic mass is 16.2. The summed E-state index contributed by atoms with van der Waals surface area (Å²) in [5, 5.41) is 5.93. The monoisotopic (exact) mass is 184 g/mol. The van der Waals surface area contributed by atoms with Gasteiger partial charge in [0.15, 0.2) is 0 Å². The van der Waals surface area contributed by atoms with Crippen LogP contribution in [0.4, 0.5) is 0 Å². The minimum Gasteiger partial charge on any atom is -0.351 e. The van der Waals surface area contributed by atoms with E-state index in [4.69, 9.17) is 0 Å². The third kappa shape index (κ3) is 5.42. The number of amides is 1. The van der Waals surface area contributed by atoms with Crippen molar-refractivity contribution in [3.63, 3.8) is 0 Å². The van der Waals surface area contributed by atoms with Crippen LogP contribution in [0.15, 0.2) is 12.7 Å². The molecule has 0 fully saturated rings. The van der Waals surface area contributed by atoms with Crippen molar-refractivity contribution < 1.29 is 4.79 Å². The molecule has 0 radical (unpaired) electrons. The summed E-state index contributed by atoms with van der Waals surface area (Å²) in [5.41, 5.74) is 0. The molecule has 3 heteroatoms. The molecule has 0 aromatic carbocycles. The maximum Gasteiger partial charge on any atom is 0.237 e. The fourth-order valence-electron chi connectivity index (χ4n) is 0.946.